The first-order valence-corrected chi connectivity index (χ1v) is 10.7. The molecule has 0 bridgehead atoms. The summed E-state index contributed by atoms with van der Waals surface area (Å²) in [7, 11) is 1.56. The van der Waals surface area contributed by atoms with Crippen molar-refractivity contribution >= 4 is 38.4 Å². The van der Waals surface area contributed by atoms with E-state index in [1.165, 1.54) is 6.07 Å². The summed E-state index contributed by atoms with van der Waals surface area (Å²) in [5, 5.41) is 11.9. The predicted molar refractivity (Wildman–Crippen MR) is 129 cm³/mol. The summed E-state index contributed by atoms with van der Waals surface area (Å²) >= 11 is 3.54. The Hall–Kier alpha value is -3.62. The molecule has 0 fully saturated rings. The van der Waals surface area contributed by atoms with Gasteiger partial charge in [0, 0.05) is 10.0 Å². The molecular formula is C27H19BrFNO2. The van der Waals surface area contributed by atoms with E-state index in [-0.39, 0.29) is 11.1 Å². The Morgan fingerprint density at radius 3 is 2.53 bits per heavy atom. The van der Waals surface area contributed by atoms with Crippen LogP contribution in [0.3, 0.4) is 0 Å². The number of fused-ring (bicyclic) bond motifs is 1. The van der Waals surface area contributed by atoms with Crippen LogP contribution in [-0.2, 0) is 6.61 Å². The first-order chi connectivity index (χ1) is 15.6. The van der Waals surface area contributed by atoms with Crippen molar-refractivity contribution in [1.29, 1.82) is 5.26 Å². The number of allylic oxidation sites excluding steroid dienone is 1. The molecular weight excluding hydrogens is 469 g/mol. The van der Waals surface area contributed by atoms with Crippen molar-refractivity contribution in [2.45, 2.75) is 6.61 Å². The van der Waals surface area contributed by atoms with Crippen LogP contribution in [-0.4, -0.2) is 7.11 Å². The van der Waals surface area contributed by atoms with Gasteiger partial charge in [-0.15, -0.1) is 0 Å². The number of hydrogen-bond acceptors (Lipinski definition) is 3. The van der Waals surface area contributed by atoms with Gasteiger partial charge in [-0.25, -0.2) is 4.39 Å². The molecule has 0 N–H and O–H groups in total. The highest BCUT2D eigenvalue weighted by Crippen LogP contribution is 2.36. The fourth-order valence-corrected chi connectivity index (χ4v) is 3.95. The van der Waals surface area contributed by atoms with Gasteiger partial charge in [-0.1, -0.05) is 76.6 Å². The Morgan fingerprint density at radius 1 is 1.00 bits per heavy atom. The molecule has 0 saturated heterocycles. The number of ether oxygens (including phenoxy) is 2. The van der Waals surface area contributed by atoms with E-state index in [2.05, 4.69) is 40.2 Å². The third-order valence-electron chi connectivity index (χ3n) is 5.13. The maximum atomic E-state index is 14.2. The molecule has 0 saturated carbocycles. The molecule has 0 spiro atoms. The van der Waals surface area contributed by atoms with Crippen molar-refractivity contribution < 1.29 is 13.9 Å². The van der Waals surface area contributed by atoms with Crippen molar-refractivity contribution in [2.24, 2.45) is 0 Å². The van der Waals surface area contributed by atoms with Crippen molar-refractivity contribution in [1.82, 2.24) is 0 Å². The predicted octanol–water partition coefficient (Wildman–Crippen LogP) is 7.39. The minimum atomic E-state index is -0.446. The van der Waals surface area contributed by atoms with Gasteiger partial charge in [0.1, 0.15) is 12.4 Å². The molecule has 4 aromatic rings. The van der Waals surface area contributed by atoms with Gasteiger partial charge in [0.2, 0.25) is 0 Å². The van der Waals surface area contributed by atoms with Gasteiger partial charge in [0.25, 0.3) is 0 Å². The monoisotopic (exact) mass is 487 g/mol. The summed E-state index contributed by atoms with van der Waals surface area (Å²) in [6, 6.07) is 26.1. The molecule has 0 aliphatic carbocycles. The number of methoxy groups -OCH3 is 1. The lowest BCUT2D eigenvalue weighted by atomic mass is 10.0. The van der Waals surface area contributed by atoms with Gasteiger partial charge in [-0.05, 0) is 46.2 Å². The first kappa shape index (κ1) is 21.6. The summed E-state index contributed by atoms with van der Waals surface area (Å²) in [5.41, 5.74) is 2.21. The molecule has 5 heteroatoms. The second kappa shape index (κ2) is 9.67. The normalized spacial score (nSPS) is 11.2. The van der Waals surface area contributed by atoms with Gasteiger partial charge in [-0.2, -0.15) is 5.26 Å². The quantitative estimate of drug-likeness (QED) is 0.210. The Bertz CT molecular complexity index is 1350. The lowest BCUT2D eigenvalue weighted by Crippen LogP contribution is -1.99. The van der Waals surface area contributed by atoms with E-state index >= 15 is 0 Å². The first-order valence-electron chi connectivity index (χ1n) is 9.94. The van der Waals surface area contributed by atoms with Crippen LogP contribution >= 0.6 is 15.9 Å². The van der Waals surface area contributed by atoms with Crippen LogP contribution < -0.4 is 9.47 Å². The fourth-order valence-electron chi connectivity index (χ4n) is 3.51. The second-order valence-electron chi connectivity index (χ2n) is 7.10. The smallest absolute Gasteiger partial charge is 0.162 e. The van der Waals surface area contributed by atoms with E-state index in [0.29, 0.717) is 28.1 Å². The van der Waals surface area contributed by atoms with Gasteiger partial charge in [0.05, 0.1) is 18.8 Å². The summed E-state index contributed by atoms with van der Waals surface area (Å²) in [6.45, 7) is 0.373. The highest BCUT2D eigenvalue weighted by molar-refractivity contribution is 9.10. The SMILES string of the molecule is COc1cc(C=C(C#N)c2ccccc2F)c(Br)cc1OCc1cccc2ccccc12. The van der Waals surface area contributed by atoms with Crippen molar-refractivity contribution in [2.75, 3.05) is 7.11 Å². The molecule has 0 amide bonds. The van der Waals surface area contributed by atoms with Crippen LogP contribution in [0.4, 0.5) is 4.39 Å². The van der Waals surface area contributed by atoms with Crippen molar-refractivity contribution in [3.05, 3.63) is 106 Å². The second-order valence-corrected chi connectivity index (χ2v) is 7.96. The lowest BCUT2D eigenvalue weighted by molar-refractivity contribution is 0.285. The summed E-state index contributed by atoms with van der Waals surface area (Å²) in [5.74, 6) is 0.637. The largest absolute Gasteiger partial charge is 0.493 e. The molecule has 158 valence electrons. The average Bonchev–Trinajstić information content (AvgIpc) is 2.82. The van der Waals surface area contributed by atoms with E-state index in [1.807, 2.05) is 24.3 Å². The molecule has 32 heavy (non-hydrogen) atoms. The van der Waals surface area contributed by atoms with Crippen LogP contribution in [0, 0.1) is 17.1 Å². The van der Waals surface area contributed by atoms with Crippen molar-refractivity contribution in [3.63, 3.8) is 0 Å². The highest BCUT2D eigenvalue weighted by atomic mass is 79.9. The number of hydrogen-bond donors (Lipinski definition) is 0. The van der Waals surface area contributed by atoms with Gasteiger partial charge < -0.3 is 9.47 Å². The van der Waals surface area contributed by atoms with Crippen LogP contribution in [0.2, 0.25) is 0 Å². The molecule has 0 radical (unpaired) electrons. The maximum absolute atomic E-state index is 14.2. The molecule has 3 nitrogen and oxygen atoms in total. The molecule has 4 rings (SSSR count). The minimum absolute atomic E-state index is 0.218. The molecule has 0 heterocycles. The van der Waals surface area contributed by atoms with Crippen LogP contribution in [0.5, 0.6) is 11.5 Å². The topological polar surface area (TPSA) is 42.2 Å². The Morgan fingerprint density at radius 2 is 1.75 bits per heavy atom. The number of nitriles is 1. The van der Waals surface area contributed by atoms with E-state index in [4.69, 9.17) is 9.47 Å². The summed E-state index contributed by atoms with van der Waals surface area (Å²) < 4.78 is 26.5. The molecule has 0 atom stereocenters. The summed E-state index contributed by atoms with van der Waals surface area (Å²) in [6.07, 6.45) is 1.62. The number of rotatable bonds is 6. The summed E-state index contributed by atoms with van der Waals surface area (Å²) in [4.78, 5) is 0. The van der Waals surface area contributed by atoms with Gasteiger partial charge >= 0.3 is 0 Å². The van der Waals surface area contributed by atoms with Gasteiger partial charge in [-0.3, -0.25) is 0 Å². The molecule has 0 aliphatic heterocycles. The van der Waals surface area contributed by atoms with E-state index < -0.39 is 5.82 Å². The highest BCUT2D eigenvalue weighted by Gasteiger charge is 2.13. The Labute approximate surface area is 194 Å². The Kier molecular flexibility index (Phi) is 6.53. The zero-order valence-electron chi connectivity index (χ0n) is 17.3. The molecule has 0 aromatic heterocycles. The fraction of sp³-hybridized carbons (Fsp3) is 0.0741. The van der Waals surface area contributed by atoms with E-state index in [9.17, 15) is 9.65 Å². The number of benzene rings is 4. The third kappa shape index (κ3) is 4.51. The number of halogens is 2. The van der Waals surface area contributed by atoms with E-state index in [0.717, 1.165) is 16.3 Å². The van der Waals surface area contributed by atoms with Crippen molar-refractivity contribution in [3.8, 4) is 17.6 Å². The number of nitrogens with zero attached hydrogens (tertiary/aromatic N) is 1. The molecule has 0 aliphatic rings. The maximum Gasteiger partial charge on any atom is 0.162 e. The van der Waals surface area contributed by atoms with Crippen LogP contribution in [0.1, 0.15) is 16.7 Å². The minimum Gasteiger partial charge on any atom is -0.493 e. The van der Waals surface area contributed by atoms with Crippen LogP contribution in [0.25, 0.3) is 22.4 Å². The van der Waals surface area contributed by atoms with Gasteiger partial charge in [0.15, 0.2) is 11.5 Å². The zero-order valence-corrected chi connectivity index (χ0v) is 18.9. The van der Waals surface area contributed by atoms with Crippen LogP contribution in [0.15, 0.2) is 83.3 Å². The average molecular weight is 488 g/mol. The Balaban J connectivity index is 1.65. The third-order valence-corrected chi connectivity index (χ3v) is 5.82. The standard InChI is InChI=1S/C27H19BrFNO2/c1-31-26-14-20(13-21(16-30)23-11-4-5-12-25(23)29)24(28)15-27(26)32-17-19-9-6-8-18-7-2-3-10-22(18)19/h2-15H,17H2,1H3. The lowest BCUT2D eigenvalue weighted by Gasteiger charge is -2.14. The molecule has 4 aromatic carbocycles. The molecule has 0 unspecified atom stereocenters. The van der Waals surface area contributed by atoms with E-state index in [1.54, 1.807) is 43.5 Å². The zero-order chi connectivity index (χ0) is 22.5.